The number of hydrogen-bond donors (Lipinski definition) is 1. The molecule has 4 heterocycles. The Bertz CT molecular complexity index is 2260. The van der Waals surface area contributed by atoms with Crippen LogP contribution in [0.25, 0.3) is 10.8 Å². The van der Waals surface area contributed by atoms with Gasteiger partial charge in [-0.1, -0.05) is 97.1 Å². The van der Waals surface area contributed by atoms with Gasteiger partial charge in [0.1, 0.15) is 11.8 Å². The highest BCUT2D eigenvalue weighted by atomic mass is 16.5. The SMILES string of the molecule is C[C@H]1C[C@@H](CCn2cc([C@H](O)c3ccccc3)nn2)O[C@]12C(=O)N(Cc1ccc(N3C(=O)c4cccc5cccc3c45)cc1)c1ccccc12. The summed E-state index contributed by atoms with van der Waals surface area (Å²) in [5.74, 6) is -0.125. The molecule has 9 rings (SSSR count). The average molecular weight is 662 g/mol. The Hall–Kier alpha value is -5.64. The van der Waals surface area contributed by atoms with Gasteiger partial charge in [-0.3, -0.25) is 19.2 Å². The van der Waals surface area contributed by atoms with E-state index in [0.717, 1.165) is 50.9 Å². The van der Waals surface area contributed by atoms with Gasteiger partial charge in [0.25, 0.3) is 11.8 Å². The maximum atomic E-state index is 14.5. The van der Waals surface area contributed by atoms with Crippen molar-refractivity contribution < 1.29 is 19.4 Å². The molecule has 9 nitrogen and oxygen atoms in total. The highest BCUT2D eigenvalue weighted by Gasteiger charge is 2.59. The van der Waals surface area contributed by atoms with Crippen molar-refractivity contribution in [2.24, 2.45) is 5.92 Å². The van der Waals surface area contributed by atoms with Crippen molar-refractivity contribution in [2.45, 2.75) is 50.7 Å². The number of nitrogens with zero attached hydrogens (tertiary/aromatic N) is 5. The second-order valence-corrected chi connectivity index (χ2v) is 13.5. The summed E-state index contributed by atoms with van der Waals surface area (Å²) in [6, 6.07) is 37.1. The van der Waals surface area contributed by atoms with Gasteiger partial charge in [-0.15, -0.1) is 5.10 Å². The van der Waals surface area contributed by atoms with Crippen molar-refractivity contribution in [2.75, 3.05) is 9.80 Å². The minimum absolute atomic E-state index is 0.0360. The Labute approximate surface area is 289 Å². The molecule has 50 heavy (non-hydrogen) atoms. The van der Waals surface area contributed by atoms with E-state index in [1.807, 2.05) is 120 Å². The number of aliphatic hydroxyl groups excluding tert-OH is 1. The molecule has 0 unspecified atom stereocenters. The van der Waals surface area contributed by atoms with Crippen molar-refractivity contribution >= 4 is 39.6 Å². The molecule has 248 valence electrons. The van der Waals surface area contributed by atoms with Crippen LogP contribution in [0.1, 0.15) is 58.6 Å². The predicted molar refractivity (Wildman–Crippen MR) is 190 cm³/mol. The molecule has 5 aromatic carbocycles. The summed E-state index contributed by atoms with van der Waals surface area (Å²) in [5, 5.41) is 21.2. The third kappa shape index (κ3) is 4.69. The lowest BCUT2D eigenvalue weighted by Gasteiger charge is -2.28. The molecule has 1 spiro atoms. The van der Waals surface area contributed by atoms with E-state index in [-0.39, 0.29) is 23.8 Å². The standard InChI is InChI=1S/C41H35N5O4/c1-26-23-31(21-22-44-25-34(42-43-44)38(47)29-9-3-2-4-10-29)50-41(26)33-14-5-6-15-35(33)45(40(41)49)24-27-17-19-30(20-18-27)46-36-16-8-12-28-11-7-13-32(37(28)36)39(46)48/h2-20,25-26,31,38,47H,21-24H2,1H3/t26-,31+,38+,41+/m0/s1. The smallest absolute Gasteiger partial charge is 0.264 e. The van der Waals surface area contributed by atoms with Gasteiger partial charge >= 0.3 is 0 Å². The number of aliphatic hydroxyl groups is 1. The molecule has 9 heteroatoms. The number of rotatable bonds is 8. The molecule has 1 aromatic heterocycles. The van der Waals surface area contributed by atoms with Gasteiger partial charge < -0.3 is 14.7 Å². The number of carbonyl (C=O) groups excluding carboxylic acids is 2. The number of ether oxygens (including phenoxy) is 1. The molecule has 1 N–H and O–H groups in total. The Morgan fingerprint density at radius 3 is 2.44 bits per heavy atom. The summed E-state index contributed by atoms with van der Waals surface area (Å²) >= 11 is 0. The summed E-state index contributed by atoms with van der Waals surface area (Å²) in [5.41, 5.74) is 5.30. The molecule has 0 saturated carbocycles. The zero-order chi connectivity index (χ0) is 34.0. The molecule has 0 radical (unpaired) electrons. The molecule has 0 bridgehead atoms. The van der Waals surface area contributed by atoms with Crippen LogP contribution in [0.15, 0.2) is 121 Å². The molecular formula is C41H35N5O4. The Morgan fingerprint density at radius 2 is 1.62 bits per heavy atom. The van der Waals surface area contributed by atoms with Crippen LogP contribution in [-0.2, 0) is 28.2 Å². The van der Waals surface area contributed by atoms with E-state index in [1.165, 1.54) is 0 Å². The quantitative estimate of drug-likeness (QED) is 0.188. The van der Waals surface area contributed by atoms with Gasteiger partial charge in [-0.2, -0.15) is 0 Å². The molecule has 3 aliphatic rings. The first kappa shape index (κ1) is 30.4. The van der Waals surface area contributed by atoms with Gasteiger partial charge in [0.15, 0.2) is 5.60 Å². The predicted octanol–water partition coefficient (Wildman–Crippen LogP) is 7.06. The van der Waals surface area contributed by atoms with Crippen molar-refractivity contribution in [1.29, 1.82) is 0 Å². The minimum atomic E-state index is -1.06. The van der Waals surface area contributed by atoms with Gasteiger partial charge in [0.2, 0.25) is 0 Å². The zero-order valence-electron chi connectivity index (χ0n) is 27.5. The summed E-state index contributed by atoms with van der Waals surface area (Å²) < 4.78 is 8.52. The molecular weight excluding hydrogens is 626 g/mol. The maximum Gasteiger partial charge on any atom is 0.264 e. The minimum Gasteiger partial charge on any atom is -0.382 e. The summed E-state index contributed by atoms with van der Waals surface area (Å²) in [6.07, 6.45) is 2.16. The van der Waals surface area contributed by atoms with E-state index in [4.69, 9.17) is 4.74 Å². The second kappa shape index (κ2) is 11.8. The number of anilines is 3. The van der Waals surface area contributed by atoms with E-state index in [9.17, 15) is 14.7 Å². The molecule has 3 aliphatic heterocycles. The third-order valence-electron chi connectivity index (χ3n) is 10.5. The fraction of sp³-hybridized carbons (Fsp3) is 0.220. The van der Waals surface area contributed by atoms with Gasteiger partial charge in [0, 0.05) is 29.1 Å². The summed E-state index contributed by atoms with van der Waals surface area (Å²) in [7, 11) is 0. The number of aryl methyl sites for hydroxylation is 1. The maximum absolute atomic E-state index is 14.5. The lowest BCUT2D eigenvalue weighted by atomic mass is 9.83. The topological polar surface area (TPSA) is 101 Å². The van der Waals surface area contributed by atoms with Crippen LogP contribution in [-0.4, -0.2) is 38.0 Å². The number of fused-ring (bicyclic) bond motifs is 2. The van der Waals surface area contributed by atoms with Gasteiger partial charge in [-0.25, -0.2) is 0 Å². The first-order valence-corrected chi connectivity index (χ1v) is 17.1. The lowest BCUT2D eigenvalue weighted by molar-refractivity contribution is -0.146. The normalized spacial score (nSPS) is 21.5. The summed E-state index contributed by atoms with van der Waals surface area (Å²) in [6.45, 7) is 3.03. The monoisotopic (exact) mass is 661 g/mol. The van der Waals surface area contributed by atoms with E-state index in [0.29, 0.717) is 30.8 Å². The van der Waals surface area contributed by atoms with Gasteiger partial charge in [0.05, 0.1) is 35.8 Å². The molecule has 1 fully saturated rings. The fourth-order valence-corrected chi connectivity index (χ4v) is 8.09. The Balaban J connectivity index is 0.917. The van der Waals surface area contributed by atoms with Crippen LogP contribution in [0.2, 0.25) is 0 Å². The highest BCUT2D eigenvalue weighted by Crippen LogP contribution is 2.54. The van der Waals surface area contributed by atoms with Crippen molar-refractivity contribution in [3.63, 3.8) is 0 Å². The lowest BCUT2D eigenvalue weighted by Crippen LogP contribution is -2.43. The first-order chi connectivity index (χ1) is 24.4. The summed E-state index contributed by atoms with van der Waals surface area (Å²) in [4.78, 5) is 31.6. The second-order valence-electron chi connectivity index (χ2n) is 13.5. The molecule has 1 saturated heterocycles. The third-order valence-corrected chi connectivity index (χ3v) is 10.5. The number of hydrogen-bond acceptors (Lipinski definition) is 6. The molecule has 2 amide bonds. The molecule has 4 atom stereocenters. The van der Waals surface area contributed by atoms with Crippen LogP contribution in [0.5, 0.6) is 0 Å². The number of para-hydroxylation sites is 1. The van der Waals surface area contributed by atoms with Crippen molar-refractivity contribution in [3.8, 4) is 0 Å². The highest BCUT2D eigenvalue weighted by molar-refractivity contribution is 6.27. The van der Waals surface area contributed by atoms with Crippen LogP contribution in [0, 0.1) is 5.92 Å². The molecule has 6 aromatic rings. The Kier molecular flexibility index (Phi) is 7.15. The number of amides is 2. The van der Waals surface area contributed by atoms with E-state index in [2.05, 4.69) is 17.2 Å². The van der Waals surface area contributed by atoms with Crippen molar-refractivity contribution in [1.82, 2.24) is 15.0 Å². The van der Waals surface area contributed by atoms with Gasteiger partial charge in [-0.05, 0) is 59.7 Å². The van der Waals surface area contributed by atoms with E-state index >= 15 is 0 Å². The largest absolute Gasteiger partial charge is 0.382 e. The van der Waals surface area contributed by atoms with E-state index < -0.39 is 11.7 Å². The average Bonchev–Trinajstić information content (AvgIpc) is 3.89. The van der Waals surface area contributed by atoms with Crippen LogP contribution < -0.4 is 9.80 Å². The zero-order valence-corrected chi connectivity index (χ0v) is 27.5. The first-order valence-electron chi connectivity index (χ1n) is 17.1. The number of benzene rings is 5. The van der Waals surface area contributed by atoms with E-state index in [1.54, 1.807) is 15.8 Å². The fourth-order valence-electron chi connectivity index (χ4n) is 8.09. The van der Waals surface area contributed by atoms with Crippen molar-refractivity contribution in [3.05, 3.63) is 149 Å². The van der Waals surface area contributed by atoms with Crippen LogP contribution in [0.4, 0.5) is 17.1 Å². The number of aromatic nitrogens is 3. The Morgan fingerprint density at radius 1 is 0.880 bits per heavy atom. The molecule has 0 aliphatic carbocycles. The van der Waals surface area contributed by atoms with Crippen LogP contribution in [0.3, 0.4) is 0 Å². The van der Waals surface area contributed by atoms with Crippen LogP contribution >= 0.6 is 0 Å². The number of carbonyl (C=O) groups is 2.